The van der Waals surface area contributed by atoms with E-state index in [9.17, 15) is 4.79 Å². The second-order valence-corrected chi connectivity index (χ2v) is 7.05. The molecule has 5 nitrogen and oxygen atoms in total. The van der Waals surface area contributed by atoms with E-state index in [1.807, 2.05) is 30.0 Å². The lowest BCUT2D eigenvalue weighted by Gasteiger charge is -2.25. The fourth-order valence-electron chi connectivity index (χ4n) is 2.95. The number of aryl methyl sites for hydroxylation is 1. The van der Waals surface area contributed by atoms with E-state index < -0.39 is 0 Å². The summed E-state index contributed by atoms with van der Waals surface area (Å²) in [4.78, 5) is 26.8. The van der Waals surface area contributed by atoms with Crippen molar-refractivity contribution in [1.29, 1.82) is 0 Å². The lowest BCUT2D eigenvalue weighted by atomic mass is 10.1. The maximum Gasteiger partial charge on any atom is 0.223 e. The summed E-state index contributed by atoms with van der Waals surface area (Å²) in [6.07, 6.45) is 6.93. The maximum absolute atomic E-state index is 12.6. The predicted molar refractivity (Wildman–Crippen MR) is 92.7 cm³/mol. The molecule has 23 heavy (non-hydrogen) atoms. The molecule has 0 aromatic carbocycles. The van der Waals surface area contributed by atoms with E-state index in [-0.39, 0.29) is 11.9 Å². The number of hydrogen-bond acceptors (Lipinski definition) is 5. The van der Waals surface area contributed by atoms with Crippen LogP contribution in [0, 0.1) is 0 Å². The Labute approximate surface area is 141 Å². The first-order valence-electron chi connectivity index (χ1n) is 7.96. The highest BCUT2D eigenvalue weighted by Crippen LogP contribution is 2.32. The number of aromatic nitrogens is 2. The van der Waals surface area contributed by atoms with Gasteiger partial charge in [0.1, 0.15) is 5.82 Å². The van der Waals surface area contributed by atoms with Crippen LogP contribution in [-0.2, 0) is 11.2 Å². The molecule has 122 valence electrons. The molecule has 0 bridgehead atoms. The van der Waals surface area contributed by atoms with E-state index in [0.29, 0.717) is 6.42 Å². The molecule has 0 N–H and O–H groups in total. The zero-order valence-corrected chi connectivity index (χ0v) is 14.4. The average Bonchev–Trinajstić information content (AvgIpc) is 3.24. The number of likely N-dealkylation sites (tertiary alicyclic amines) is 1. The van der Waals surface area contributed by atoms with Gasteiger partial charge in [-0.3, -0.25) is 9.78 Å². The van der Waals surface area contributed by atoms with Gasteiger partial charge >= 0.3 is 0 Å². The minimum atomic E-state index is 0.0678. The smallest absolute Gasteiger partial charge is 0.223 e. The first-order chi connectivity index (χ1) is 11.1. The lowest BCUT2D eigenvalue weighted by Crippen LogP contribution is -2.31. The van der Waals surface area contributed by atoms with Crippen LogP contribution in [0.5, 0.6) is 0 Å². The van der Waals surface area contributed by atoms with Gasteiger partial charge < -0.3 is 9.80 Å². The van der Waals surface area contributed by atoms with Crippen LogP contribution in [0.2, 0.25) is 0 Å². The van der Waals surface area contributed by atoms with Gasteiger partial charge in [0.05, 0.1) is 24.1 Å². The SMILES string of the molecule is CN(C)c1cncc(C2CCCN2C(=O)CCc2cccs2)n1. The topological polar surface area (TPSA) is 49.3 Å². The third kappa shape index (κ3) is 3.69. The first kappa shape index (κ1) is 15.9. The lowest BCUT2D eigenvalue weighted by molar-refractivity contribution is -0.132. The molecule has 0 spiro atoms. The van der Waals surface area contributed by atoms with Crippen molar-refractivity contribution in [2.24, 2.45) is 0 Å². The van der Waals surface area contributed by atoms with Gasteiger partial charge in [-0.1, -0.05) is 6.07 Å². The number of nitrogens with zero attached hydrogens (tertiary/aromatic N) is 4. The average molecular weight is 330 g/mol. The summed E-state index contributed by atoms with van der Waals surface area (Å²) in [6, 6.07) is 4.19. The van der Waals surface area contributed by atoms with Crippen LogP contribution in [-0.4, -0.2) is 41.4 Å². The molecule has 0 saturated carbocycles. The minimum absolute atomic E-state index is 0.0678. The molecule has 3 rings (SSSR count). The van der Waals surface area contributed by atoms with Gasteiger partial charge in [-0.15, -0.1) is 11.3 Å². The van der Waals surface area contributed by atoms with Crippen LogP contribution >= 0.6 is 11.3 Å². The Morgan fingerprint density at radius 1 is 1.43 bits per heavy atom. The fraction of sp³-hybridized carbons (Fsp3) is 0.471. The van der Waals surface area contributed by atoms with Gasteiger partial charge in [0.15, 0.2) is 0 Å². The van der Waals surface area contributed by atoms with Crippen molar-refractivity contribution in [2.45, 2.75) is 31.7 Å². The van der Waals surface area contributed by atoms with Crippen LogP contribution < -0.4 is 4.90 Å². The van der Waals surface area contributed by atoms with E-state index in [4.69, 9.17) is 0 Å². The normalized spacial score (nSPS) is 17.5. The highest BCUT2D eigenvalue weighted by molar-refractivity contribution is 7.09. The van der Waals surface area contributed by atoms with Crippen LogP contribution in [0.15, 0.2) is 29.9 Å². The Balaban J connectivity index is 1.69. The molecular formula is C17H22N4OS. The molecule has 1 aliphatic heterocycles. The molecule has 1 saturated heterocycles. The summed E-state index contributed by atoms with van der Waals surface area (Å²) in [6.45, 7) is 0.821. The highest BCUT2D eigenvalue weighted by Gasteiger charge is 2.31. The summed E-state index contributed by atoms with van der Waals surface area (Å²) in [5.41, 5.74) is 0.901. The van der Waals surface area contributed by atoms with Gasteiger partial charge in [-0.05, 0) is 30.7 Å². The Bertz CT molecular complexity index is 656. The van der Waals surface area contributed by atoms with Crippen LogP contribution in [0.1, 0.15) is 35.9 Å². The minimum Gasteiger partial charge on any atom is -0.361 e. The Hall–Kier alpha value is -1.95. The molecule has 6 heteroatoms. The van der Waals surface area contributed by atoms with Crippen LogP contribution in [0.3, 0.4) is 0 Å². The van der Waals surface area contributed by atoms with Crippen molar-refractivity contribution in [1.82, 2.24) is 14.9 Å². The second kappa shape index (κ2) is 7.08. The van der Waals surface area contributed by atoms with Gasteiger partial charge in [0.25, 0.3) is 0 Å². The van der Waals surface area contributed by atoms with E-state index in [1.54, 1.807) is 23.7 Å². The Kier molecular flexibility index (Phi) is 4.91. The zero-order valence-electron chi connectivity index (χ0n) is 13.6. The number of anilines is 1. The van der Waals surface area contributed by atoms with Crippen molar-refractivity contribution < 1.29 is 4.79 Å². The quantitative estimate of drug-likeness (QED) is 0.846. The molecule has 1 aliphatic rings. The molecule has 1 fully saturated rings. The molecule has 1 amide bonds. The van der Waals surface area contributed by atoms with E-state index in [2.05, 4.69) is 21.4 Å². The van der Waals surface area contributed by atoms with Gasteiger partial charge in [0, 0.05) is 31.9 Å². The van der Waals surface area contributed by atoms with E-state index >= 15 is 0 Å². The number of rotatable bonds is 5. The summed E-state index contributed by atoms with van der Waals surface area (Å²) in [5.74, 6) is 1.05. The summed E-state index contributed by atoms with van der Waals surface area (Å²) < 4.78 is 0. The van der Waals surface area contributed by atoms with Gasteiger partial charge in [-0.2, -0.15) is 0 Å². The Morgan fingerprint density at radius 2 is 2.30 bits per heavy atom. The van der Waals surface area contributed by atoms with Crippen molar-refractivity contribution in [3.8, 4) is 0 Å². The Morgan fingerprint density at radius 3 is 3.04 bits per heavy atom. The molecule has 3 heterocycles. The van der Waals surface area contributed by atoms with E-state index in [1.165, 1.54) is 4.88 Å². The molecular weight excluding hydrogens is 308 g/mol. The molecule has 2 aromatic heterocycles. The maximum atomic E-state index is 12.6. The van der Waals surface area contributed by atoms with Crippen molar-refractivity contribution in [3.63, 3.8) is 0 Å². The first-order valence-corrected chi connectivity index (χ1v) is 8.84. The van der Waals surface area contributed by atoms with Gasteiger partial charge in [0.2, 0.25) is 5.91 Å². The number of thiophene rings is 1. The summed E-state index contributed by atoms with van der Waals surface area (Å²) in [5, 5.41) is 2.06. The van der Waals surface area contributed by atoms with Crippen molar-refractivity contribution in [3.05, 3.63) is 40.5 Å². The highest BCUT2D eigenvalue weighted by atomic mass is 32.1. The number of hydrogen-bond donors (Lipinski definition) is 0. The second-order valence-electron chi connectivity index (χ2n) is 6.02. The molecule has 0 radical (unpaired) electrons. The predicted octanol–water partition coefficient (Wildman–Crippen LogP) is 2.90. The van der Waals surface area contributed by atoms with Gasteiger partial charge in [-0.25, -0.2) is 4.98 Å². The van der Waals surface area contributed by atoms with Crippen molar-refractivity contribution >= 4 is 23.1 Å². The molecule has 2 aromatic rings. The number of carbonyl (C=O) groups is 1. The van der Waals surface area contributed by atoms with E-state index in [0.717, 1.165) is 37.3 Å². The molecule has 0 aliphatic carbocycles. The fourth-order valence-corrected chi connectivity index (χ4v) is 3.66. The van der Waals surface area contributed by atoms with Crippen LogP contribution in [0.4, 0.5) is 5.82 Å². The summed E-state index contributed by atoms with van der Waals surface area (Å²) in [7, 11) is 3.90. The number of amides is 1. The third-order valence-electron chi connectivity index (χ3n) is 4.18. The standard InChI is InChI=1S/C17H22N4OS/c1-20(2)16-12-18-11-14(19-16)15-6-3-9-21(15)17(22)8-7-13-5-4-10-23-13/h4-5,10-12,15H,3,6-9H2,1-2H3. The van der Waals surface area contributed by atoms with Crippen LogP contribution in [0.25, 0.3) is 0 Å². The summed E-state index contributed by atoms with van der Waals surface area (Å²) >= 11 is 1.71. The molecule has 1 atom stereocenters. The zero-order chi connectivity index (χ0) is 16.2. The van der Waals surface area contributed by atoms with Crippen molar-refractivity contribution in [2.75, 3.05) is 25.5 Å². The largest absolute Gasteiger partial charge is 0.361 e. The molecule has 1 unspecified atom stereocenters. The monoisotopic (exact) mass is 330 g/mol. The number of carbonyl (C=O) groups excluding carboxylic acids is 1. The third-order valence-corrected chi connectivity index (χ3v) is 5.11.